The van der Waals surface area contributed by atoms with Gasteiger partial charge in [0.2, 0.25) is 0 Å². The predicted octanol–water partition coefficient (Wildman–Crippen LogP) is 4.40. The third-order valence-electron chi connectivity index (χ3n) is 3.17. The lowest BCUT2D eigenvalue weighted by Crippen LogP contribution is -2.08. The highest BCUT2D eigenvalue weighted by molar-refractivity contribution is 5.53. The van der Waals surface area contributed by atoms with Crippen molar-refractivity contribution in [3.63, 3.8) is 0 Å². The summed E-state index contributed by atoms with van der Waals surface area (Å²) in [5, 5.41) is 6.22. The molecule has 0 aromatic heterocycles. The van der Waals surface area contributed by atoms with Crippen LogP contribution in [0.15, 0.2) is 48.5 Å². The van der Waals surface area contributed by atoms with Gasteiger partial charge in [0, 0.05) is 25.0 Å². The van der Waals surface area contributed by atoms with Gasteiger partial charge in [0.25, 0.3) is 0 Å². The van der Waals surface area contributed by atoms with Crippen molar-refractivity contribution in [3.05, 3.63) is 59.7 Å². The Kier molecular flexibility index (Phi) is 4.73. The minimum atomic E-state index is -4.29. The average Bonchev–Trinajstić information content (AvgIpc) is 2.47. The number of hydrogen-bond acceptors (Lipinski definition) is 2. The Hall–Kier alpha value is -2.17. The van der Waals surface area contributed by atoms with Crippen LogP contribution in [0, 0.1) is 0 Å². The summed E-state index contributed by atoms with van der Waals surface area (Å²) in [5.41, 5.74) is 2.03. The highest BCUT2D eigenvalue weighted by Gasteiger charge is 2.30. The molecule has 0 spiro atoms. The van der Waals surface area contributed by atoms with E-state index < -0.39 is 11.7 Å². The third kappa shape index (κ3) is 4.41. The summed E-state index contributed by atoms with van der Waals surface area (Å²) in [6, 6.07) is 13.2. The Morgan fingerprint density at radius 1 is 0.952 bits per heavy atom. The van der Waals surface area contributed by atoms with Gasteiger partial charge in [-0.1, -0.05) is 18.2 Å². The number of rotatable bonds is 5. The van der Waals surface area contributed by atoms with Crippen LogP contribution in [0.5, 0.6) is 0 Å². The molecule has 2 rings (SSSR count). The summed E-state index contributed by atoms with van der Waals surface area (Å²) < 4.78 is 37.8. The molecule has 0 fully saturated rings. The van der Waals surface area contributed by atoms with E-state index in [9.17, 15) is 13.2 Å². The van der Waals surface area contributed by atoms with Crippen LogP contribution in [0.1, 0.15) is 11.1 Å². The fourth-order valence-corrected chi connectivity index (χ4v) is 2.01. The molecule has 0 saturated heterocycles. The smallest absolute Gasteiger partial charge is 0.388 e. The number of halogens is 3. The second kappa shape index (κ2) is 6.52. The monoisotopic (exact) mass is 294 g/mol. The number of hydrogen-bond donors (Lipinski definition) is 2. The van der Waals surface area contributed by atoms with E-state index in [0.29, 0.717) is 18.5 Å². The van der Waals surface area contributed by atoms with Gasteiger partial charge in [-0.3, -0.25) is 0 Å². The van der Waals surface area contributed by atoms with Crippen molar-refractivity contribution in [2.45, 2.75) is 12.6 Å². The van der Waals surface area contributed by atoms with Crippen molar-refractivity contribution in [2.24, 2.45) is 0 Å². The fraction of sp³-hybridized carbons (Fsp3) is 0.250. The Labute approximate surface area is 122 Å². The molecule has 0 radical (unpaired) electrons. The zero-order chi connectivity index (χ0) is 15.3. The molecule has 0 amide bonds. The SMILES string of the molecule is CNc1ccc(NCCc2cccc(C(F)(F)F)c2)cc1. The number of benzene rings is 2. The standard InChI is InChI=1S/C16H17F3N2/c1-20-14-5-7-15(8-6-14)21-10-9-12-3-2-4-13(11-12)16(17,18)19/h2-8,11,20-21H,9-10H2,1H3. The van der Waals surface area contributed by atoms with Gasteiger partial charge in [-0.2, -0.15) is 13.2 Å². The maximum Gasteiger partial charge on any atom is 0.416 e. The van der Waals surface area contributed by atoms with Crippen LogP contribution in [-0.4, -0.2) is 13.6 Å². The van der Waals surface area contributed by atoms with E-state index in [1.165, 1.54) is 12.1 Å². The summed E-state index contributed by atoms with van der Waals surface area (Å²) >= 11 is 0. The Bertz CT molecular complexity index is 577. The maximum absolute atomic E-state index is 12.6. The van der Waals surface area contributed by atoms with Crippen molar-refractivity contribution >= 4 is 11.4 Å². The van der Waals surface area contributed by atoms with Gasteiger partial charge >= 0.3 is 6.18 Å². The Balaban J connectivity index is 1.91. The molecule has 0 bridgehead atoms. The lowest BCUT2D eigenvalue weighted by atomic mass is 10.1. The number of alkyl halides is 3. The molecule has 0 aliphatic carbocycles. The molecule has 0 aliphatic rings. The molecular weight excluding hydrogens is 277 g/mol. The summed E-state index contributed by atoms with van der Waals surface area (Å²) in [5.74, 6) is 0. The van der Waals surface area contributed by atoms with Crippen LogP contribution < -0.4 is 10.6 Å². The molecule has 5 heteroatoms. The molecule has 2 aromatic carbocycles. The maximum atomic E-state index is 12.6. The summed E-state index contributed by atoms with van der Waals surface area (Å²) in [6.07, 6.45) is -3.75. The predicted molar refractivity (Wildman–Crippen MR) is 79.6 cm³/mol. The highest BCUT2D eigenvalue weighted by atomic mass is 19.4. The molecule has 2 nitrogen and oxygen atoms in total. The molecule has 0 heterocycles. The molecular formula is C16H17F3N2. The van der Waals surface area contributed by atoms with Crippen LogP contribution in [0.4, 0.5) is 24.5 Å². The van der Waals surface area contributed by atoms with Crippen LogP contribution >= 0.6 is 0 Å². The summed E-state index contributed by atoms with van der Waals surface area (Å²) in [7, 11) is 1.84. The van der Waals surface area contributed by atoms with Crippen LogP contribution in [0.2, 0.25) is 0 Å². The average molecular weight is 294 g/mol. The normalized spacial score (nSPS) is 11.2. The fourth-order valence-electron chi connectivity index (χ4n) is 2.01. The van der Waals surface area contributed by atoms with E-state index >= 15 is 0 Å². The van der Waals surface area contributed by atoms with E-state index in [1.807, 2.05) is 31.3 Å². The van der Waals surface area contributed by atoms with Crippen LogP contribution in [-0.2, 0) is 12.6 Å². The van der Waals surface area contributed by atoms with Gasteiger partial charge in [-0.15, -0.1) is 0 Å². The highest BCUT2D eigenvalue weighted by Crippen LogP contribution is 2.29. The van der Waals surface area contributed by atoms with E-state index in [4.69, 9.17) is 0 Å². The van der Waals surface area contributed by atoms with Crippen molar-refractivity contribution in [1.82, 2.24) is 0 Å². The molecule has 0 atom stereocenters. The van der Waals surface area contributed by atoms with E-state index in [2.05, 4.69) is 10.6 Å². The van der Waals surface area contributed by atoms with Crippen LogP contribution in [0.3, 0.4) is 0 Å². The molecule has 0 unspecified atom stereocenters. The Morgan fingerprint density at radius 2 is 1.62 bits per heavy atom. The zero-order valence-corrected chi connectivity index (χ0v) is 11.7. The quantitative estimate of drug-likeness (QED) is 0.854. The van der Waals surface area contributed by atoms with E-state index in [0.717, 1.165) is 17.4 Å². The lowest BCUT2D eigenvalue weighted by Gasteiger charge is -2.10. The van der Waals surface area contributed by atoms with Gasteiger partial charge in [0.05, 0.1) is 5.56 Å². The van der Waals surface area contributed by atoms with Crippen molar-refractivity contribution < 1.29 is 13.2 Å². The summed E-state index contributed by atoms with van der Waals surface area (Å²) in [6.45, 7) is 0.584. The van der Waals surface area contributed by atoms with E-state index in [1.54, 1.807) is 6.07 Å². The van der Waals surface area contributed by atoms with Crippen molar-refractivity contribution in [2.75, 3.05) is 24.2 Å². The largest absolute Gasteiger partial charge is 0.416 e. The second-order valence-electron chi connectivity index (χ2n) is 4.70. The molecule has 0 aliphatic heterocycles. The van der Waals surface area contributed by atoms with Gasteiger partial charge < -0.3 is 10.6 Å². The minimum absolute atomic E-state index is 0.539. The van der Waals surface area contributed by atoms with E-state index in [-0.39, 0.29) is 0 Å². The summed E-state index contributed by atoms with van der Waals surface area (Å²) in [4.78, 5) is 0. The van der Waals surface area contributed by atoms with Gasteiger partial charge in [-0.25, -0.2) is 0 Å². The first-order valence-corrected chi connectivity index (χ1v) is 6.67. The molecule has 2 aromatic rings. The molecule has 0 saturated carbocycles. The Morgan fingerprint density at radius 3 is 2.24 bits per heavy atom. The van der Waals surface area contributed by atoms with Crippen molar-refractivity contribution in [1.29, 1.82) is 0 Å². The first-order chi connectivity index (χ1) is 9.99. The molecule has 21 heavy (non-hydrogen) atoms. The third-order valence-corrected chi connectivity index (χ3v) is 3.17. The van der Waals surface area contributed by atoms with Gasteiger partial charge in [0.15, 0.2) is 0 Å². The van der Waals surface area contributed by atoms with Gasteiger partial charge in [-0.05, 0) is 42.3 Å². The second-order valence-corrected chi connectivity index (χ2v) is 4.70. The topological polar surface area (TPSA) is 24.1 Å². The molecule has 112 valence electrons. The van der Waals surface area contributed by atoms with Crippen LogP contribution in [0.25, 0.3) is 0 Å². The first kappa shape index (κ1) is 15.2. The molecule has 2 N–H and O–H groups in total. The minimum Gasteiger partial charge on any atom is -0.388 e. The number of anilines is 2. The first-order valence-electron chi connectivity index (χ1n) is 6.67. The lowest BCUT2D eigenvalue weighted by molar-refractivity contribution is -0.137. The zero-order valence-electron chi connectivity index (χ0n) is 11.7. The van der Waals surface area contributed by atoms with Gasteiger partial charge in [0.1, 0.15) is 0 Å². The number of nitrogens with one attached hydrogen (secondary N) is 2. The van der Waals surface area contributed by atoms with Crippen molar-refractivity contribution in [3.8, 4) is 0 Å².